The number of para-hydroxylation sites is 1. The summed E-state index contributed by atoms with van der Waals surface area (Å²) < 4.78 is 16.0. The molecule has 0 fully saturated rings. The average Bonchev–Trinajstić information content (AvgIpc) is 3.64. The minimum absolute atomic E-state index is 0.124. The molecular formula is C30H23FN8O. The molecule has 0 aliphatic carbocycles. The standard InChI is InChI=1S/C30H23FN8O/c31-29-24(7-4-13-32-29)20-9-11-26-25(16-20)28(36-34-26)27-18-39(37-35-27)23-10-8-19-12-14-38(17-21(19)15-23)30(40)33-22-5-2-1-3-6-22/h1-11,13,15-16,18H,12,14,17H2,(H,33,40)(H,34,36). The van der Waals surface area contributed by atoms with E-state index in [-0.39, 0.29) is 6.03 Å². The van der Waals surface area contributed by atoms with Gasteiger partial charge in [0.05, 0.1) is 17.4 Å². The number of fused-ring (bicyclic) bond motifs is 2. The van der Waals surface area contributed by atoms with E-state index in [0.29, 0.717) is 35.6 Å². The van der Waals surface area contributed by atoms with Crippen LogP contribution in [0.3, 0.4) is 0 Å². The fourth-order valence-corrected chi connectivity index (χ4v) is 5.06. The zero-order valence-electron chi connectivity index (χ0n) is 21.3. The first-order valence-corrected chi connectivity index (χ1v) is 12.9. The Bertz CT molecular complexity index is 1860. The van der Waals surface area contributed by atoms with Gasteiger partial charge in [0.2, 0.25) is 5.95 Å². The van der Waals surface area contributed by atoms with E-state index in [2.05, 4.69) is 36.9 Å². The van der Waals surface area contributed by atoms with E-state index in [9.17, 15) is 9.18 Å². The lowest BCUT2D eigenvalue weighted by Crippen LogP contribution is -2.38. The summed E-state index contributed by atoms with van der Waals surface area (Å²) in [5.74, 6) is -0.527. The van der Waals surface area contributed by atoms with Gasteiger partial charge in [-0.2, -0.15) is 9.49 Å². The topological polar surface area (TPSA) is 105 Å². The molecule has 0 spiro atoms. The van der Waals surface area contributed by atoms with Crippen molar-refractivity contribution in [1.82, 2.24) is 35.1 Å². The summed E-state index contributed by atoms with van der Waals surface area (Å²) in [4.78, 5) is 18.4. The number of aromatic amines is 1. The number of rotatable bonds is 4. The number of carbonyl (C=O) groups is 1. The third-order valence-corrected chi connectivity index (χ3v) is 7.15. The highest BCUT2D eigenvalue weighted by atomic mass is 19.1. The Kier molecular flexibility index (Phi) is 5.77. The SMILES string of the molecule is O=C(Nc1ccccc1)N1CCc2ccc(-n3cc(-c4n[nH]c5ccc(-c6cccnc6F)cc45)nn3)cc2C1. The van der Waals surface area contributed by atoms with Crippen molar-refractivity contribution in [3.63, 3.8) is 0 Å². The molecule has 40 heavy (non-hydrogen) atoms. The highest BCUT2D eigenvalue weighted by Crippen LogP contribution is 2.31. The molecule has 0 unspecified atom stereocenters. The molecule has 3 aromatic carbocycles. The van der Waals surface area contributed by atoms with Gasteiger partial charge in [0, 0.05) is 35.9 Å². The molecule has 0 saturated heterocycles. The lowest BCUT2D eigenvalue weighted by Gasteiger charge is -2.29. The van der Waals surface area contributed by atoms with Crippen molar-refractivity contribution in [1.29, 1.82) is 0 Å². The number of urea groups is 1. The molecule has 6 aromatic rings. The quantitative estimate of drug-likeness (QED) is 0.289. The van der Waals surface area contributed by atoms with Crippen LogP contribution in [0, 0.1) is 5.95 Å². The molecule has 10 heteroatoms. The number of halogens is 1. The van der Waals surface area contributed by atoms with E-state index in [4.69, 9.17) is 0 Å². The van der Waals surface area contributed by atoms with Gasteiger partial charge in [0.25, 0.3) is 0 Å². The van der Waals surface area contributed by atoms with E-state index >= 15 is 0 Å². The van der Waals surface area contributed by atoms with E-state index < -0.39 is 5.95 Å². The predicted molar refractivity (Wildman–Crippen MR) is 149 cm³/mol. The fraction of sp³-hybridized carbons (Fsp3) is 0.100. The predicted octanol–water partition coefficient (Wildman–Crippen LogP) is 5.60. The second-order valence-electron chi connectivity index (χ2n) is 9.64. The molecule has 4 heterocycles. The van der Waals surface area contributed by atoms with Crippen LogP contribution in [-0.2, 0) is 13.0 Å². The number of pyridine rings is 1. The first kappa shape index (κ1) is 23.7. The van der Waals surface area contributed by atoms with Gasteiger partial charge in [-0.05, 0) is 71.6 Å². The Hall–Kier alpha value is -5.38. The summed E-state index contributed by atoms with van der Waals surface area (Å²) in [5, 5.41) is 20.0. The van der Waals surface area contributed by atoms with Crippen LogP contribution in [0.1, 0.15) is 11.1 Å². The zero-order valence-corrected chi connectivity index (χ0v) is 21.3. The highest BCUT2D eigenvalue weighted by Gasteiger charge is 2.22. The number of aromatic nitrogens is 6. The van der Waals surface area contributed by atoms with Crippen molar-refractivity contribution < 1.29 is 9.18 Å². The number of nitrogens with zero attached hydrogens (tertiary/aromatic N) is 6. The first-order valence-electron chi connectivity index (χ1n) is 12.9. The summed E-state index contributed by atoms with van der Waals surface area (Å²) in [5.41, 5.74) is 7.00. The largest absolute Gasteiger partial charge is 0.322 e. The number of amides is 2. The number of carbonyl (C=O) groups excluding carboxylic acids is 1. The van der Waals surface area contributed by atoms with Crippen molar-refractivity contribution in [2.75, 3.05) is 11.9 Å². The van der Waals surface area contributed by atoms with Gasteiger partial charge in [-0.15, -0.1) is 5.10 Å². The van der Waals surface area contributed by atoms with Crippen molar-refractivity contribution in [2.45, 2.75) is 13.0 Å². The van der Waals surface area contributed by atoms with Crippen LogP contribution in [0.25, 0.3) is 39.1 Å². The smallest absolute Gasteiger partial charge is 0.320 e. The van der Waals surface area contributed by atoms with E-state index in [0.717, 1.165) is 34.3 Å². The van der Waals surface area contributed by atoms with Crippen molar-refractivity contribution >= 4 is 22.6 Å². The van der Waals surface area contributed by atoms with Crippen molar-refractivity contribution in [3.8, 4) is 28.2 Å². The number of anilines is 1. The molecule has 0 atom stereocenters. The molecule has 7 rings (SSSR count). The lowest BCUT2D eigenvalue weighted by atomic mass is 9.99. The molecule has 0 saturated carbocycles. The number of hydrogen-bond donors (Lipinski definition) is 2. The van der Waals surface area contributed by atoms with Gasteiger partial charge in [-0.1, -0.05) is 35.5 Å². The summed E-state index contributed by atoms with van der Waals surface area (Å²) >= 11 is 0. The molecule has 2 amide bonds. The Morgan fingerprint density at radius 1 is 0.975 bits per heavy atom. The molecule has 3 aromatic heterocycles. The summed E-state index contributed by atoms with van der Waals surface area (Å²) in [6.45, 7) is 1.15. The maximum absolute atomic E-state index is 14.3. The second-order valence-corrected chi connectivity index (χ2v) is 9.64. The van der Waals surface area contributed by atoms with E-state index in [1.807, 2.05) is 71.8 Å². The molecule has 0 bridgehead atoms. The number of hydrogen-bond acceptors (Lipinski definition) is 5. The van der Waals surface area contributed by atoms with Crippen molar-refractivity contribution in [2.24, 2.45) is 0 Å². The Morgan fingerprint density at radius 2 is 1.88 bits per heavy atom. The van der Waals surface area contributed by atoms with Crippen molar-refractivity contribution in [3.05, 3.63) is 108 Å². The monoisotopic (exact) mass is 530 g/mol. The minimum atomic E-state index is -0.527. The van der Waals surface area contributed by atoms with Crippen LogP contribution in [0.2, 0.25) is 0 Å². The second kappa shape index (κ2) is 9.73. The van der Waals surface area contributed by atoms with Crippen LogP contribution in [0.5, 0.6) is 0 Å². The molecule has 2 N–H and O–H groups in total. The lowest BCUT2D eigenvalue weighted by molar-refractivity contribution is 0.206. The number of nitrogens with one attached hydrogen (secondary N) is 2. The zero-order chi connectivity index (χ0) is 27.1. The average molecular weight is 531 g/mol. The maximum Gasteiger partial charge on any atom is 0.322 e. The van der Waals surface area contributed by atoms with Gasteiger partial charge in [-0.3, -0.25) is 5.10 Å². The number of benzene rings is 3. The maximum atomic E-state index is 14.3. The van der Waals surface area contributed by atoms with Crippen LogP contribution in [0.4, 0.5) is 14.9 Å². The third-order valence-electron chi connectivity index (χ3n) is 7.15. The molecule has 1 aliphatic rings. The van der Waals surface area contributed by atoms with Crippen LogP contribution in [-0.4, -0.2) is 47.7 Å². The molecule has 9 nitrogen and oxygen atoms in total. The normalized spacial score (nSPS) is 12.9. The summed E-state index contributed by atoms with van der Waals surface area (Å²) in [7, 11) is 0. The minimum Gasteiger partial charge on any atom is -0.320 e. The first-order chi connectivity index (χ1) is 19.6. The summed E-state index contributed by atoms with van der Waals surface area (Å²) in [6, 6.07) is 24.4. The fourth-order valence-electron chi connectivity index (χ4n) is 5.06. The Labute approximate surface area is 228 Å². The van der Waals surface area contributed by atoms with Gasteiger partial charge in [0.15, 0.2) is 0 Å². The van der Waals surface area contributed by atoms with E-state index in [1.165, 1.54) is 11.8 Å². The number of H-pyrrole nitrogens is 1. The molecule has 1 aliphatic heterocycles. The van der Waals surface area contributed by atoms with Crippen LogP contribution >= 0.6 is 0 Å². The van der Waals surface area contributed by atoms with Gasteiger partial charge < -0.3 is 10.2 Å². The van der Waals surface area contributed by atoms with Gasteiger partial charge in [-0.25, -0.2) is 14.5 Å². The van der Waals surface area contributed by atoms with E-state index in [1.54, 1.807) is 16.8 Å². The molecule has 196 valence electrons. The van der Waals surface area contributed by atoms with Gasteiger partial charge in [0.1, 0.15) is 11.4 Å². The third kappa shape index (κ3) is 4.35. The van der Waals surface area contributed by atoms with Crippen LogP contribution < -0.4 is 5.32 Å². The Balaban J connectivity index is 1.15. The van der Waals surface area contributed by atoms with Gasteiger partial charge >= 0.3 is 6.03 Å². The molecular weight excluding hydrogens is 507 g/mol. The highest BCUT2D eigenvalue weighted by molar-refractivity contribution is 5.94. The van der Waals surface area contributed by atoms with Crippen LogP contribution in [0.15, 0.2) is 91.3 Å². The summed E-state index contributed by atoms with van der Waals surface area (Å²) in [6.07, 6.45) is 4.02. The molecule has 0 radical (unpaired) electrons. The Morgan fingerprint density at radius 3 is 2.75 bits per heavy atom.